The molecule has 1 rings (SSSR count). The third kappa shape index (κ3) is 3.21. The topological polar surface area (TPSA) is 72.3 Å². The van der Waals surface area contributed by atoms with E-state index < -0.39 is 5.91 Å². The van der Waals surface area contributed by atoms with Gasteiger partial charge in [0.05, 0.1) is 11.3 Å². The number of nitrogens with two attached hydrogens (primary N) is 2. The number of anilines is 1. The van der Waals surface area contributed by atoms with Crippen molar-refractivity contribution in [2.45, 2.75) is 6.42 Å². The molecule has 1 amide bonds. The van der Waals surface area contributed by atoms with E-state index in [2.05, 4.69) is 15.9 Å². The van der Waals surface area contributed by atoms with Crippen molar-refractivity contribution >= 4 is 27.5 Å². The van der Waals surface area contributed by atoms with Crippen LogP contribution in [0, 0.1) is 0 Å². The molecule has 0 unspecified atom stereocenters. The monoisotopic (exact) mass is 285 g/mol. The third-order valence-corrected chi connectivity index (χ3v) is 2.83. The van der Waals surface area contributed by atoms with Gasteiger partial charge in [-0.15, -0.1) is 0 Å². The highest BCUT2D eigenvalue weighted by Crippen LogP contribution is 2.24. The van der Waals surface area contributed by atoms with Gasteiger partial charge in [-0.3, -0.25) is 4.79 Å². The Morgan fingerprint density at radius 1 is 1.50 bits per heavy atom. The standard InChI is InChI=1S/C11H16BrN3O/c1-15(6-2-5-13)10-7-8(12)3-4-9(10)11(14)16/h3-4,7H,2,5-6,13H2,1H3,(H2,14,16). The second-order valence-corrected chi connectivity index (χ2v) is 4.51. The lowest BCUT2D eigenvalue weighted by molar-refractivity contribution is 0.100. The van der Waals surface area contributed by atoms with Gasteiger partial charge in [-0.05, 0) is 31.2 Å². The second kappa shape index (κ2) is 5.86. The summed E-state index contributed by atoms with van der Waals surface area (Å²) in [5.41, 5.74) is 12.1. The highest BCUT2D eigenvalue weighted by atomic mass is 79.9. The summed E-state index contributed by atoms with van der Waals surface area (Å²) in [5, 5.41) is 0. The van der Waals surface area contributed by atoms with Crippen LogP contribution in [-0.4, -0.2) is 26.0 Å². The summed E-state index contributed by atoms with van der Waals surface area (Å²) < 4.78 is 0.923. The van der Waals surface area contributed by atoms with E-state index in [1.165, 1.54) is 0 Å². The molecule has 16 heavy (non-hydrogen) atoms. The molecule has 0 atom stereocenters. The number of benzene rings is 1. The zero-order valence-electron chi connectivity index (χ0n) is 9.24. The molecular formula is C11H16BrN3O. The molecular weight excluding hydrogens is 270 g/mol. The van der Waals surface area contributed by atoms with Gasteiger partial charge in [-0.1, -0.05) is 15.9 Å². The Labute approximate surface area is 104 Å². The van der Waals surface area contributed by atoms with Gasteiger partial charge in [0.2, 0.25) is 0 Å². The van der Waals surface area contributed by atoms with Crippen LogP contribution >= 0.6 is 15.9 Å². The van der Waals surface area contributed by atoms with Gasteiger partial charge in [-0.2, -0.15) is 0 Å². The highest BCUT2D eigenvalue weighted by molar-refractivity contribution is 9.10. The molecule has 0 aromatic heterocycles. The van der Waals surface area contributed by atoms with E-state index in [1.54, 1.807) is 12.1 Å². The molecule has 88 valence electrons. The number of carbonyl (C=O) groups excluding carboxylic acids is 1. The molecule has 0 saturated carbocycles. The van der Waals surface area contributed by atoms with Crippen molar-refractivity contribution in [1.29, 1.82) is 0 Å². The van der Waals surface area contributed by atoms with Crippen molar-refractivity contribution in [2.24, 2.45) is 11.5 Å². The Bertz CT molecular complexity index is 381. The van der Waals surface area contributed by atoms with E-state index in [4.69, 9.17) is 11.5 Å². The molecule has 0 saturated heterocycles. The number of amides is 1. The van der Waals surface area contributed by atoms with Gasteiger partial charge in [-0.25, -0.2) is 0 Å². The van der Waals surface area contributed by atoms with Crippen molar-refractivity contribution in [3.8, 4) is 0 Å². The van der Waals surface area contributed by atoms with Crippen LogP contribution in [0.5, 0.6) is 0 Å². The van der Waals surface area contributed by atoms with Crippen LogP contribution in [0.3, 0.4) is 0 Å². The van der Waals surface area contributed by atoms with E-state index in [9.17, 15) is 4.79 Å². The molecule has 0 fully saturated rings. The number of nitrogens with zero attached hydrogens (tertiary/aromatic N) is 1. The first-order valence-electron chi connectivity index (χ1n) is 5.07. The summed E-state index contributed by atoms with van der Waals surface area (Å²) in [6, 6.07) is 5.41. The van der Waals surface area contributed by atoms with Crippen molar-refractivity contribution in [1.82, 2.24) is 0 Å². The summed E-state index contributed by atoms with van der Waals surface area (Å²) >= 11 is 3.38. The fourth-order valence-electron chi connectivity index (χ4n) is 1.48. The van der Waals surface area contributed by atoms with Crippen LogP contribution < -0.4 is 16.4 Å². The van der Waals surface area contributed by atoms with Crippen LogP contribution in [0.15, 0.2) is 22.7 Å². The zero-order chi connectivity index (χ0) is 12.1. The first-order valence-corrected chi connectivity index (χ1v) is 5.86. The summed E-state index contributed by atoms with van der Waals surface area (Å²) in [6.45, 7) is 1.43. The molecule has 0 heterocycles. The van der Waals surface area contributed by atoms with Gasteiger partial charge >= 0.3 is 0 Å². The predicted molar refractivity (Wildman–Crippen MR) is 69.6 cm³/mol. The molecule has 4 nitrogen and oxygen atoms in total. The lowest BCUT2D eigenvalue weighted by atomic mass is 10.1. The van der Waals surface area contributed by atoms with Gasteiger partial charge < -0.3 is 16.4 Å². The largest absolute Gasteiger partial charge is 0.374 e. The van der Waals surface area contributed by atoms with Crippen LogP contribution in [0.1, 0.15) is 16.8 Å². The maximum atomic E-state index is 11.3. The van der Waals surface area contributed by atoms with E-state index in [-0.39, 0.29) is 0 Å². The van der Waals surface area contributed by atoms with E-state index >= 15 is 0 Å². The molecule has 1 aromatic carbocycles. The Balaban J connectivity index is 2.99. The lowest BCUT2D eigenvalue weighted by Crippen LogP contribution is -2.24. The summed E-state index contributed by atoms with van der Waals surface area (Å²) in [4.78, 5) is 13.3. The van der Waals surface area contributed by atoms with Crippen LogP contribution in [0.4, 0.5) is 5.69 Å². The number of hydrogen-bond donors (Lipinski definition) is 2. The smallest absolute Gasteiger partial charge is 0.250 e. The van der Waals surface area contributed by atoms with Gasteiger partial charge in [0.25, 0.3) is 5.91 Å². The van der Waals surface area contributed by atoms with E-state index in [0.29, 0.717) is 12.1 Å². The van der Waals surface area contributed by atoms with E-state index in [1.807, 2.05) is 18.0 Å². The summed E-state index contributed by atoms with van der Waals surface area (Å²) in [5.74, 6) is -0.415. The first kappa shape index (κ1) is 13.0. The quantitative estimate of drug-likeness (QED) is 0.857. The average Bonchev–Trinajstić information content (AvgIpc) is 2.25. The number of primary amides is 1. The van der Waals surface area contributed by atoms with E-state index in [0.717, 1.165) is 23.1 Å². The summed E-state index contributed by atoms with van der Waals surface area (Å²) in [6.07, 6.45) is 0.876. The Kier molecular flexibility index (Phi) is 4.76. The van der Waals surface area contributed by atoms with Crippen LogP contribution in [-0.2, 0) is 0 Å². The molecule has 5 heteroatoms. The van der Waals surface area contributed by atoms with Crippen LogP contribution in [0.2, 0.25) is 0 Å². The Hall–Kier alpha value is -1.07. The maximum Gasteiger partial charge on any atom is 0.250 e. The molecule has 1 aromatic rings. The molecule has 0 aliphatic carbocycles. The molecule has 0 aliphatic heterocycles. The van der Waals surface area contributed by atoms with Gasteiger partial charge in [0.1, 0.15) is 0 Å². The molecule has 0 spiro atoms. The molecule has 0 bridgehead atoms. The SMILES string of the molecule is CN(CCCN)c1cc(Br)ccc1C(N)=O. The third-order valence-electron chi connectivity index (χ3n) is 2.33. The van der Waals surface area contributed by atoms with Crippen molar-refractivity contribution in [3.05, 3.63) is 28.2 Å². The fraction of sp³-hybridized carbons (Fsp3) is 0.364. The maximum absolute atomic E-state index is 11.3. The second-order valence-electron chi connectivity index (χ2n) is 3.59. The Morgan fingerprint density at radius 3 is 2.75 bits per heavy atom. The minimum absolute atomic E-state index is 0.415. The van der Waals surface area contributed by atoms with Crippen molar-refractivity contribution < 1.29 is 4.79 Å². The average molecular weight is 286 g/mol. The van der Waals surface area contributed by atoms with Crippen molar-refractivity contribution in [3.63, 3.8) is 0 Å². The molecule has 4 N–H and O–H groups in total. The van der Waals surface area contributed by atoms with Gasteiger partial charge in [0.15, 0.2) is 0 Å². The molecule has 0 radical (unpaired) electrons. The lowest BCUT2D eigenvalue weighted by Gasteiger charge is -2.21. The first-order chi connectivity index (χ1) is 7.56. The number of hydrogen-bond acceptors (Lipinski definition) is 3. The highest BCUT2D eigenvalue weighted by Gasteiger charge is 2.11. The zero-order valence-corrected chi connectivity index (χ0v) is 10.8. The summed E-state index contributed by atoms with van der Waals surface area (Å²) in [7, 11) is 1.92. The van der Waals surface area contributed by atoms with Gasteiger partial charge in [0, 0.05) is 18.1 Å². The number of carbonyl (C=O) groups is 1. The minimum atomic E-state index is -0.415. The Morgan fingerprint density at radius 2 is 2.19 bits per heavy atom. The minimum Gasteiger partial charge on any atom is -0.374 e. The molecule has 0 aliphatic rings. The number of halogens is 1. The van der Waals surface area contributed by atoms with Crippen LogP contribution in [0.25, 0.3) is 0 Å². The van der Waals surface area contributed by atoms with Crippen molar-refractivity contribution in [2.75, 3.05) is 25.0 Å². The predicted octanol–water partition coefficient (Wildman–Crippen LogP) is 1.33. The fourth-order valence-corrected chi connectivity index (χ4v) is 1.83. The number of rotatable bonds is 5. The normalized spacial score (nSPS) is 10.2.